The van der Waals surface area contributed by atoms with E-state index in [1.54, 1.807) is 0 Å². The van der Waals surface area contributed by atoms with Crippen molar-refractivity contribution in [2.24, 2.45) is 5.73 Å². The number of benzene rings is 1. The zero-order chi connectivity index (χ0) is 11.6. The van der Waals surface area contributed by atoms with Crippen molar-refractivity contribution in [2.45, 2.75) is 33.1 Å². The van der Waals surface area contributed by atoms with Gasteiger partial charge in [-0.3, -0.25) is 0 Å². The highest BCUT2D eigenvalue weighted by Crippen LogP contribution is 2.18. The van der Waals surface area contributed by atoms with Crippen LogP contribution in [0.2, 0.25) is 19.6 Å². The number of hydrogen-bond donors (Lipinski definition) is 1. The van der Waals surface area contributed by atoms with E-state index in [0.717, 1.165) is 5.57 Å². The van der Waals surface area contributed by atoms with Gasteiger partial charge in [0.05, 0.1) is 8.07 Å². The van der Waals surface area contributed by atoms with Gasteiger partial charge in [0.1, 0.15) is 0 Å². The van der Waals surface area contributed by atoms with Crippen molar-refractivity contribution in [3.05, 3.63) is 35.9 Å². The fourth-order valence-electron chi connectivity index (χ4n) is 1.91. The molecule has 2 heteroatoms. The topological polar surface area (TPSA) is 26.0 Å². The minimum absolute atomic E-state index is 0.614. The van der Waals surface area contributed by atoms with Crippen molar-refractivity contribution >= 4 is 18.8 Å². The van der Waals surface area contributed by atoms with Crippen LogP contribution in [0.3, 0.4) is 0 Å². The summed E-state index contributed by atoms with van der Waals surface area (Å²) in [6.45, 7) is 13.7. The predicted molar refractivity (Wildman–Crippen MR) is 72.0 cm³/mol. The summed E-state index contributed by atoms with van der Waals surface area (Å²) in [4.78, 5) is 0. The molecule has 0 spiro atoms. The van der Waals surface area contributed by atoms with Crippen molar-refractivity contribution in [3.8, 4) is 0 Å². The average Bonchev–Trinajstić information content (AvgIpc) is 2.15. The number of rotatable bonds is 3. The molecule has 0 radical (unpaired) electrons. The fourth-order valence-corrected chi connectivity index (χ4v) is 3.65. The molecule has 0 aliphatic carbocycles. The second-order valence-electron chi connectivity index (χ2n) is 5.07. The third-order valence-corrected chi connectivity index (χ3v) is 4.73. The number of hydrogen-bond acceptors (Lipinski definition) is 1. The summed E-state index contributed by atoms with van der Waals surface area (Å²) in [5.41, 5.74) is 9.50. The lowest BCUT2D eigenvalue weighted by atomic mass is 10.0. The van der Waals surface area contributed by atoms with Gasteiger partial charge in [-0.05, 0) is 18.1 Å². The first-order valence-corrected chi connectivity index (χ1v) is 8.86. The Hall–Kier alpha value is -0.863. The molecule has 0 unspecified atom stereocenters. The Balaban J connectivity index is 3.42. The third kappa shape index (κ3) is 2.58. The lowest BCUT2D eigenvalue weighted by Gasteiger charge is -2.22. The van der Waals surface area contributed by atoms with Crippen molar-refractivity contribution in [1.29, 1.82) is 0 Å². The van der Waals surface area contributed by atoms with Crippen LogP contribution in [0.25, 0.3) is 5.57 Å². The number of nitrogens with two attached hydrogens (primary N) is 1. The van der Waals surface area contributed by atoms with Gasteiger partial charge < -0.3 is 5.73 Å². The Bertz CT molecular complexity index is 375. The van der Waals surface area contributed by atoms with E-state index in [9.17, 15) is 0 Å². The molecule has 0 heterocycles. The van der Waals surface area contributed by atoms with Gasteiger partial charge in [0.2, 0.25) is 0 Å². The van der Waals surface area contributed by atoms with E-state index in [-0.39, 0.29) is 0 Å². The lowest BCUT2D eigenvalue weighted by Crippen LogP contribution is -2.41. The van der Waals surface area contributed by atoms with Gasteiger partial charge in [0, 0.05) is 6.54 Å². The first-order chi connectivity index (χ1) is 6.88. The molecule has 0 aliphatic rings. The van der Waals surface area contributed by atoms with Crippen molar-refractivity contribution in [3.63, 3.8) is 0 Å². The van der Waals surface area contributed by atoms with E-state index >= 15 is 0 Å². The monoisotopic (exact) mass is 219 g/mol. The second-order valence-corrected chi connectivity index (χ2v) is 10.1. The standard InChI is InChI=1S/C13H21NSi/c1-10(2)11-7-6-8-13(12(11)9-14)15(3,4)5/h6-8H,1,9,14H2,2-5H3. The molecule has 0 saturated heterocycles. The van der Waals surface area contributed by atoms with Crippen molar-refractivity contribution in [2.75, 3.05) is 0 Å². The van der Waals surface area contributed by atoms with Crippen LogP contribution in [0.15, 0.2) is 24.8 Å². The third-order valence-electron chi connectivity index (χ3n) is 2.65. The highest BCUT2D eigenvalue weighted by molar-refractivity contribution is 6.89. The number of allylic oxidation sites excluding steroid dienone is 1. The Morgan fingerprint density at radius 2 is 1.93 bits per heavy atom. The van der Waals surface area contributed by atoms with Gasteiger partial charge in [-0.2, -0.15) is 0 Å². The van der Waals surface area contributed by atoms with Crippen molar-refractivity contribution < 1.29 is 0 Å². The Morgan fingerprint density at radius 1 is 1.33 bits per heavy atom. The molecule has 82 valence electrons. The lowest BCUT2D eigenvalue weighted by molar-refractivity contribution is 1.07. The molecular formula is C13H21NSi. The largest absolute Gasteiger partial charge is 0.326 e. The molecule has 1 aromatic rings. The van der Waals surface area contributed by atoms with Crippen LogP contribution in [0.5, 0.6) is 0 Å². The van der Waals surface area contributed by atoms with Crippen LogP contribution in [-0.2, 0) is 6.54 Å². The SMILES string of the molecule is C=C(C)c1cccc([Si](C)(C)C)c1CN. The van der Waals surface area contributed by atoms with Gasteiger partial charge >= 0.3 is 0 Å². The van der Waals surface area contributed by atoms with Crippen LogP contribution in [0.4, 0.5) is 0 Å². The second kappa shape index (κ2) is 4.33. The maximum Gasteiger partial charge on any atom is 0.0780 e. The fraction of sp³-hybridized carbons (Fsp3) is 0.385. The molecular weight excluding hydrogens is 198 g/mol. The van der Waals surface area contributed by atoms with Gasteiger partial charge in [-0.25, -0.2) is 0 Å². The normalized spacial score (nSPS) is 11.5. The maximum atomic E-state index is 5.87. The minimum Gasteiger partial charge on any atom is -0.326 e. The first kappa shape index (κ1) is 12.2. The molecule has 2 N–H and O–H groups in total. The molecule has 0 atom stereocenters. The minimum atomic E-state index is -1.30. The Kier molecular flexibility index (Phi) is 3.53. The predicted octanol–water partition coefficient (Wildman–Crippen LogP) is 2.72. The molecule has 0 aromatic heterocycles. The van der Waals surface area contributed by atoms with E-state index in [0.29, 0.717) is 6.54 Å². The van der Waals surface area contributed by atoms with E-state index in [1.165, 1.54) is 16.3 Å². The van der Waals surface area contributed by atoms with E-state index in [1.807, 2.05) is 6.92 Å². The zero-order valence-corrected chi connectivity index (χ0v) is 11.2. The molecule has 1 nitrogen and oxygen atoms in total. The zero-order valence-electron chi connectivity index (χ0n) is 10.2. The van der Waals surface area contributed by atoms with Crippen LogP contribution in [-0.4, -0.2) is 8.07 Å². The van der Waals surface area contributed by atoms with Gasteiger partial charge in [-0.15, -0.1) is 0 Å². The summed E-state index contributed by atoms with van der Waals surface area (Å²) in [7, 11) is -1.30. The van der Waals surface area contributed by atoms with Gasteiger partial charge in [0.25, 0.3) is 0 Å². The molecule has 0 saturated carbocycles. The smallest absolute Gasteiger partial charge is 0.0780 e. The molecule has 0 aliphatic heterocycles. The summed E-state index contributed by atoms with van der Waals surface area (Å²) >= 11 is 0. The van der Waals surface area contributed by atoms with Crippen LogP contribution >= 0.6 is 0 Å². The molecule has 0 bridgehead atoms. The Labute approximate surface area is 94.0 Å². The van der Waals surface area contributed by atoms with Crippen LogP contribution < -0.4 is 10.9 Å². The molecule has 1 aromatic carbocycles. The van der Waals surface area contributed by atoms with Crippen molar-refractivity contribution in [1.82, 2.24) is 0 Å². The molecule has 1 rings (SSSR count). The van der Waals surface area contributed by atoms with E-state index in [4.69, 9.17) is 5.73 Å². The highest BCUT2D eigenvalue weighted by atomic mass is 28.3. The summed E-state index contributed by atoms with van der Waals surface area (Å²) in [6.07, 6.45) is 0. The summed E-state index contributed by atoms with van der Waals surface area (Å²) in [5.74, 6) is 0. The van der Waals surface area contributed by atoms with Gasteiger partial charge in [0.15, 0.2) is 0 Å². The first-order valence-electron chi connectivity index (χ1n) is 5.36. The molecule has 15 heavy (non-hydrogen) atoms. The van der Waals surface area contributed by atoms with E-state index in [2.05, 4.69) is 44.4 Å². The molecule has 0 fully saturated rings. The quantitative estimate of drug-likeness (QED) is 0.777. The van der Waals surface area contributed by atoms with Crippen LogP contribution in [0, 0.1) is 0 Å². The van der Waals surface area contributed by atoms with E-state index < -0.39 is 8.07 Å². The highest BCUT2D eigenvalue weighted by Gasteiger charge is 2.21. The Morgan fingerprint density at radius 3 is 2.33 bits per heavy atom. The average molecular weight is 219 g/mol. The summed E-state index contributed by atoms with van der Waals surface area (Å²) in [5, 5.41) is 1.46. The summed E-state index contributed by atoms with van der Waals surface area (Å²) in [6, 6.07) is 6.46. The van der Waals surface area contributed by atoms with Crippen LogP contribution in [0.1, 0.15) is 18.1 Å². The summed E-state index contributed by atoms with van der Waals surface area (Å²) < 4.78 is 0. The molecule has 0 amide bonds. The van der Waals surface area contributed by atoms with Gasteiger partial charge in [-0.1, -0.05) is 55.2 Å². The maximum absolute atomic E-state index is 5.87.